The van der Waals surface area contributed by atoms with Crippen molar-refractivity contribution in [1.82, 2.24) is 0 Å². The molecule has 76 valence electrons. The lowest BCUT2D eigenvalue weighted by Crippen LogP contribution is -2.31. The summed E-state index contributed by atoms with van der Waals surface area (Å²) in [6, 6.07) is 0. The van der Waals surface area contributed by atoms with E-state index in [0.29, 0.717) is 0 Å². The van der Waals surface area contributed by atoms with Gasteiger partial charge in [-0.3, -0.25) is 0 Å². The Bertz CT molecular complexity index is 167. The highest BCUT2D eigenvalue weighted by Gasteiger charge is 2.33. The SMILES string of the molecule is CCC1CCC2CC(Br)CCC2C1. The number of fused-ring (bicyclic) bond motifs is 1. The van der Waals surface area contributed by atoms with Crippen LogP contribution in [-0.4, -0.2) is 4.83 Å². The maximum absolute atomic E-state index is 3.78. The average molecular weight is 245 g/mol. The quantitative estimate of drug-likeness (QED) is 0.601. The lowest BCUT2D eigenvalue weighted by atomic mass is 9.67. The number of hydrogen-bond donors (Lipinski definition) is 0. The predicted octanol–water partition coefficient (Wildman–Crippen LogP) is 4.38. The van der Waals surface area contributed by atoms with Crippen molar-refractivity contribution in [3.8, 4) is 0 Å². The Balaban J connectivity index is 1.90. The van der Waals surface area contributed by atoms with E-state index in [9.17, 15) is 0 Å². The summed E-state index contributed by atoms with van der Waals surface area (Å²) < 4.78 is 0. The van der Waals surface area contributed by atoms with Gasteiger partial charge in [-0.05, 0) is 49.9 Å². The van der Waals surface area contributed by atoms with E-state index in [1.807, 2.05) is 0 Å². The van der Waals surface area contributed by atoms with Gasteiger partial charge in [-0.25, -0.2) is 0 Å². The Morgan fingerprint density at radius 1 is 1.00 bits per heavy atom. The summed E-state index contributed by atoms with van der Waals surface area (Å²) in [6.07, 6.45) is 10.4. The van der Waals surface area contributed by atoms with Gasteiger partial charge in [-0.1, -0.05) is 35.7 Å². The second-order valence-corrected chi connectivity index (χ2v) is 6.31. The van der Waals surface area contributed by atoms with E-state index in [1.165, 1.54) is 38.5 Å². The molecule has 2 aliphatic carbocycles. The van der Waals surface area contributed by atoms with Crippen molar-refractivity contribution in [3.63, 3.8) is 0 Å². The fourth-order valence-electron chi connectivity index (χ4n) is 3.30. The molecule has 0 aromatic carbocycles. The van der Waals surface area contributed by atoms with Crippen LogP contribution in [0.2, 0.25) is 0 Å². The summed E-state index contributed by atoms with van der Waals surface area (Å²) in [5, 5.41) is 0. The predicted molar refractivity (Wildman–Crippen MR) is 61.2 cm³/mol. The van der Waals surface area contributed by atoms with Gasteiger partial charge in [0, 0.05) is 4.83 Å². The summed E-state index contributed by atoms with van der Waals surface area (Å²) in [5.41, 5.74) is 0. The number of rotatable bonds is 1. The van der Waals surface area contributed by atoms with Gasteiger partial charge < -0.3 is 0 Å². The number of alkyl halides is 1. The first-order valence-electron chi connectivity index (χ1n) is 5.93. The standard InChI is InChI=1S/C12H21Br/c1-2-9-3-4-11-8-12(13)6-5-10(11)7-9/h9-12H,2-8H2,1H3. The molecule has 0 N–H and O–H groups in total. The molecule has 2 fully saturated rings. The van der Waals surface area contributed by atoms with Crippen LogP contribution < -0.4 is 0 Å². The molecule has 0 nitrogen and oxygen atoms in total. The Morgan fingerprint density at radius 2 is 1.69 bits per heavy atom. The van der Waals surface area contributed by atoms with E-state index < -0.39 is 0 Å². The van der Waals surface area contributed by atoms with E-state index in [4.69, 9.17) is 0 Å². The fraction of sp³-hybridized carbons (Fsp3) is 1.00. The molecule has 0 heterocycles. The Kier molecular flexibility index (Phi) is 3.34. The fourth-order valence-corrected chi connectivity index (χ4v) is 4.04. The van der Waals surface area contributed by atoms with E-state index in [1.54, 1.807) is 6.42 Å². The van der Waals surface area contributed by atoms with Gasteiger partial charge in [0.2, 0.25) is 0 Å². The molecular formula is C12H21Br. The molecule has 0 spiro atoms. The van der Waals surface area contributed by atoms with E-state index in [0.717, 1.165) is 22.6 Å². The molecule has 13 heavy (non-hydrogen) atoms. The zero-order valence-electron chi connectivity index (χ0n) is 8.64. The van der Waals surface area contributed by atoms with Crippen LogP contribution in [0.15, 0.2) is 0 Å². The minimum absolute atomic E-state index is 0.840. The van der Waals surface area contributed by atoms with Crippen LogP contribution in [0.3, 0.4) is 0 Å². The van der Waals surface area contributed by atoms with Crippen molar-refractivity contribution < 1.29 is 0 Å². The van der Waals surface area contributed by atoms with E-state index >= 15 is 0 Å². The monoisotopic (exact) mass is 244 g/mol. The van der Waals surface area contributed by atoms with Crippen molar-refractivity contribution in [2.75, 3.05) is 0 Å². The lowest BCUT2D eigenvalue weighted by Gasteiger charge is -2.40. The number of halogens is 1. The molecule has 4 atom stereocenters. The van der Waals surface area contributed by atoms with Crippen LogP contribution in [0.5, 0.6) is 0 Å². The molecular weight excluding hydrogens is 224 g/mol. The van der Waals surface area contributed by atoms with Crippen LogP contribution in [0.25, 0.3) is 0 Å². The third-order valence-electron chi connectivity index (χ3n) is 4.23. The minimum Gasteiger partial charge on any atom is -0.0891 e. The molecule has 2 rings (SSSR count). The smallest absolute Gasteiger partial charge is 0.0148 e. The molecule has 0 radical (unpaired) electrons. The molecule has 0 aliphatic heterocycles. The highest BCUT2D eigenvalue weighted by Crippen LogP contribution is 2.44. The van der Waals surface area contributed by atoms with E-state index in [-0.39, 0.29) is 0 Å². The summed E-state index contributed by atoms with van der Waals surface area (Å²) in [5.74, 6) is 3.22. The molecule has 1 heteroatoms. The normalized spacial score (nSPS) is 45.7. The van der Waals surface area contributed by atoms with Crippen LogP contribution in [0.4, 0.5) is 0 Å². The summed E-state index contributed by atoms with van der Waals surface area (Å²) in [4.78, 5) is 0.840. The van der Waals surface area contributed by atoms with Crippen LogP contribution >= 0.6 is 15.9 Å². The Labute approximate surface area is 90.6 Å². The highest BCUT2D eigenvalue weighted by molar-refractivity contribution is 9.09. The first-order valence-corrected chi connectivity index (χ1v) is 6.85. The van der Waals surface area contributed by atoms with Crippen molar-refractivity contribution in [3.05, 3.63) is 0 Å². The lowest BCUT2D eigenvalue weighted by molar-refractivity contribution is 0.132. The van der Waals surface area contributed by atoms with Crippen LogP contribution in [0.1, 0.15) is 51.9 Å². The Morgan fingerprint density at radius 3 is 2.46 bits per heavy atom. The summed E-state index contributed by atoms with van der Waals surface area (Å²) in [7, 11) is 0. The summed E-state index contributed by atoms with van der Waals surface area (Å²) >= 11 is 3.78. The third-order valence-corrected chi connectivity index (χ3v) is 5.07. The van der Waals surface area contributed by atoms with Crippen molar-refractivity contribution in [2.45, 2.75) is 56.7 Å². The van der Waals surface area contributed by atoms with E-state index in [2.05, 4.69) is 22.9 Å². The third kappa shape index (κ3) is 2.29. The second-order valence-electron chi connectivity index (χ2n) is 5.02. The average Bonchev–Trinajstić information content (AvgIpc) is 2.17. The van der Waals surface area contributed by atoms with Gasteiger partial charge in [0.25, 0.3) is 0 Å². The van der Waals surface area contributed by atoms with Crippen molar-refractivity contribution >= 4 is 15.9 Å². The highest BCUT2D eigenvalue weighted by atomic mass is 79.9. The molecule has 0 amide bonds. The molecule has 2 aliphatic rings. The first kappa shape index (κ1) is 10.0. The van der Waals surface area contributed by atoms with Crippen LogP contribution in [0, 0.1) is 17.8 Å². The maximum atomic E-state index is 3.78. The summed E-state index contributed by atoms with van der Waals surface area (Å²) in [6.45, 7) is 2.36. The largest absolute Gasteiger partial charge is 0.0891 e. The van der Waals surface area contributed by atoms with Gasteiger partial charge in [-0.2, -0.15) is 0 Å². The molecule has 0 aromatic heterocycles. The van der Waals surface area contributed by atoms with Gasteiger partial charge in [-0.15, -0.1) is 0 Å². The molecule has 4 unspecified atom stereocenters. The topological polar surface area (TPSA) is 0 Å². The zero-order chi connectivity index (χ0) is 9.26. The number of hydrogen-bond acceptors (Lipinski definition) is 0. The van der Waals surface area contributed by atoms with Gasteiger partial charge in [0.05, 0.1) is 0 Å². The van der Waals surface area contributed by atoms with Crippen LogP contribution in [-0.2, 0) is 0 Å². The van der Waals surface area contributed by atoms with Gasteiger partial charge in [0.1, 0.15) is 0 Å². The molecule has 0 bridgehead atoms. The van der Waals surface area contributed by atoms with Gasteiger partial charge >= 0.3 is 0 Å². The maximum Gasteiger partial charge on any atom is 0.0148 e. The zero-order valence-corrected chi connectivity index (χ0v) is 10.2. The van der Waals surface area contributed by atoms with Gasteiger partial charge in [0.15, 0.2) is 0 Å². The van der Waals surface area contributed by atoms with Crippen molar-refractivity contribution in [2.24, 2.45) is 17.8 Å². The Hall–Kier alpha value is 0.480. The second kappa shape index (κ2) is 4.33. The van der Waals surface area contributed by atoms with Crippen molar-refractivity contribution in [1.29, 1.82) is 0 Å². The minimum atomic E-state index is 0.840. The molecule has 0 saturated heterocycles. The molecule has 2 saturated carbocycles. The first-order chi connectivity index (χ1) is 6.29. The molecule has 0 aromatic rings.